The molecule has 0 spiro atoms. The molecule has 5 rings (SSSR count). The van der Waals surface area contributed by atoms with Crippen molar-refractivity contribution in [2.24, 2.45) is 5.92 Å². The number of hydrogen-bond acceptors (Lipinski definition) is 6. The van der Waals surface area contributed by atoms with E-state index < -0.39 is 5.54 Å². The number of benzene rings is 1. The van der Waals surface area contributed by atoms with E-state index in [1.165, 1.54) is 0 Å². The zero-order valence-corrected chi connectivity index (χ0v) is 18.6. The number of amides is 1. The van der Waals surface area contributed by atoms with Crippen LogP contribution >= 0.6 is 0 Å². The molecule has 7 heteroatoms. The van der Waals surface area contributed by atoms with Gasteiger partial charge in [0.05, 0.1) is 17.8 Å². The average molecular weight is 425 g/mol. The second-order valence-electron chi connectivity index (χ2n) is 8.93. The van der Waals surface area contributed by atoms with Crippen molar-refractivity contribution in [3.63, 3.8) is 0 Å². The monoisotopic (exact) mass is 424 g/mol. The summed E-state index contributed by atoms with van der Waals surface area (Å²) < 4.78 is 11.3. The highest BCUT2D eigenvalue weighted by Crippen LogP contribution is 2.30. The average Bonchev–Trinajstić information content (AvgIpc) is 3.07. The Bertz CT molecular complexity index is 892. The summed E-state index contributed by atoms with van der Waals surface area (Å²) in [7, 11) is 0. The Balaban J connectivity index is 1.43. The normalized spacial score (nSPS) is 23.1. The van der Waals surface area contributed by atoms with Gasteiger partial charge in [-0.1, -0.05) is 18.2 Å². The molecule has 0 aliphatic carbocycles. The first-order valence-corrected chi connectivity index (χ1v) is 11.2. The van der Waals surface area contributed by atoms with Crippen LogP contribution in [0.25, 0.3) is 11.3 Å². The van der Waals surface area contributed by atoms with Crippen LogP contribution in [0.5, 0.6) is 5.88 Å². The van der Waals surface area contributed by atoms with Crippen molar-refractivity contribution in [2.45, 2.75) is 51.7 Å². The van der Waals surface area contributed by atoms with Crippen LogP contribution in [0.2, 0.25) is 0 Å². The Kier molecular flexibility index (Phi) is 6.41. The molecule has 166 valence electrons. The number of piperidine rings is 1. The lowest BCUT2D eigenvalue weighted by Crippen LogP contribution is -2.43. The van der Waals surface area contributed by atoms with Crippen molar-refractivity contribution in [3.05, 3.63) is 42.0 Å². The Labute approximate surface area is 184 Å². The Morgan fingerprint density at radius 2 is 1.90 bits per heavy atom. The van der Waals surface area contributed by atoms with Crippen molar-refractivity contribution in [1.29, 1.82) is 0 Å². The molecule has 0 saturated carbocycles. The first-order chi connectivity index (χ1) is 14.9. The van der Waals surface area contributed by atoms with Gasteiger partial charge >= 0.3 is 6.09 Å². The standard InChI is InChI=1S/C24H32N4O3/c1-4-30-22-9-8-20(26-27-22)18-6-5-7-19(16-18)24(2,3)25-23(29)31-21-12-15-28-13-10-17(21)11-14-28/h5-9,16-17,21H,4,10-15H2,1-3H3,(H,25,29). The number of alkyl carbamates (subject to hydrolysis) is 1. The molecule has 1 aromatic heterocycles. The molecule has 3 fully saturated rings. The van der Waals surface area contributed by atoms with E-state index in [0.29, 0.717) is 18.4 Å². The number of hydrogen-bond donors (Lipinski definition) is 1. The van der Waals surface area contributed by atoms with Gasteiger partial charge in [-0.3, -0.25) is 0 Å². The molecule has 1 unspecified atom stereocenters. The summed E-state index contributed by atoms with van der Waals surface area (Å²) >= 11 is 0. The predicted molar refractivity (Wildman–Crippen MR) is 119 cm³/mol. The van der Waals surface area contributed by atoms with Crippen molar-refractivity contribution < 1.29 is 14.3 Å². The van der Waals surface area contributed by atoms with Gasteiger partial charge in [0, 0.05) is 18.2 Å². The molecule has 1 N–H and O–H groups in total. The van der Waals surface area contributed by atoms with Crippen LogP contribution in [0.15, 0.2) is 36.4 Å². The molecule has 3 aliphatic heterocycles. The van der Waals surface area contributed by atoms with Gasteiger partial charge in [-0.25, -0.2) is 4.79 Å². The topological polar surface area (TPSA) is 76.6 Å². The molecule has 3 saturated heterocycles. The van der Waals surface area contributed by atoms with Crippen LogP contribution in [-0.2, 0) is 10.3 Å². The summed E-state index contributed by atoms with van der Waals surface area (Å²) in [6, 6.07) is 11.7. The fourth-order valence-corrected chi connectivity index (χ4v) is 4.51. The largest absolute Gasteiger partial charge is 0.477 e. The van der Waals surface area contributed by atoms with Gasteiger partial charge in [-0.15, -0.1) is 10.2 Å². The lowest BCUT2D eigenvalue weighted by Gasteiger charge is -2.31. The molecule has 2 aromatic rings. The van der Waals surface area contributed by atoms with Gasteiger partial charge in [0.2, 0.25) is 5.88 Å². The molecule has 2 bridgehead atoms. The van der Waals surface area contributed by atoms with Gasteiger partial charge in [-0.2, -0.15) is 0 Å². The van der Waals surface area contributed by atoms with E-state index in [4.69, 9.17) is 9.47 Å². The summed E-state index contributed by atoms with van der Waals surface area (Å²) in [5.74, 6) is 0.991. The van der Waals surface area contributed by atoms with Gasteiger partial charge < -0.3 is 19.7 Å². The summed E-state index contributed by atoms with van der Waals surface area (Å²) in [6.07, 6.45) is 2.82. The summed E-state index contributed by atoms with van der Waals surface area (Å²) in [5, 5.41) is 11.5. The third kappa shape index (κ3) is 5.15. The van der Waals surface area contributed by atoms with Crippen molar-refractivity contribution in [3.8, 4) is 17.1 Å². The predicted octanol–water partition coefficient (Wildman–Crippen LogP) is 3.99. The number of nitrogens with zero attached hydrogens (tertiary/aromatic N) is 3. The van der Waals surface area contributed by atoms with E-state index in [0.717, 1.165) is 55.7 Å². The van der Waals surface area contributed by atoms with E-state index in [2.05, 4.69) is 20.4 Å². The van der Waals surface area contributed by atoms with Crippen LogP contribution in [0.4, 0.5) is 4.79 Å². The van der Waals surface area contributed by atoms with Crippen LogP contribution in [0.3, 0.4) is 0 Å². The highest BCUT2D eigenvalue weighted by molar-refractivity contribution is 5.69. The first-order valence-electron chi connectivity index (χ1n) is 11.2. The third-order valence-corrected chi connectivity index (χ3v) is 6.37. The van der Waals surface area contributed by atoms with Gasteiger partial charge in [-0.05, 0) is 76.7 Å². The highest BCUT2D eigenvalue weighted by atomic mass is 16.6. The van der Waals surface area contributed by atoms with Gasteiger partial charge in [0.25, 0.3) is 0 Å². The minimum Gasteiger partial charge on any atom is -0.477 e. The Hall–Kier alpha value is -2.67. The van der Waals surface area contributed by atoms with Gasteiger partial charge in [0.1, 0.15) is 6.10 Å². The minimum atomic E-state index is -0.585. The maximum atomic E-state index is 12.8. The summed E-state index contributed by atoms with van der Waals surface area (Å²) in [4.78, 5) is 15.2. The van der Waals surface area contributed by atoms with E-state index in [9.17, 15) is 4.79 Å². The number of aromatic nitrogens is 2. The quantitative estimate of drug-likeness (QED) is 0.756. The summed E-state index contributed by atoms with van der Waals surface area (Å²) in [5.41, 5.74) is 2.09. The second kappa shape index (κ2) is 9.22. The number of rotatable bonds is 6. The van der Waals surface area contributed by atoms with Crippen LogP contribution < -0.4 is 10.1 Å². The lowest BCUT2D eigenvalue weighted by molar-refractivity contribution is 0.0514. The fraction of sp³-hybridized carbons (Fsp3) is 0.542. The zero-order chi connectivity index (χ0) is 21.8. The van der Waals surface area contributed by atoms with Crippen molar-refractivity contribution in [1.82, 2.24) is 20.4 Å². The molecule has 0 radical (unpaired) electrons. The number of fused-ring (bicyclic) bond motifs is 4. The van der Waals surface area contributed by atoms with E-state index in [-0.39, 0.29) is 12.2 Å². The smallest absolute Gasteiger partial charge is 0.408 e. The molecule has 1 amide bonds. The number of ether oxygens (including phenoxy) is 2. The van der Waals surface area contributed by atoms with E-state index in [1.54, 1.807) is 0 Å². The molecule has 3 aliphatic rings. The first kappa shape index (κ1) is 21.6. The minimum absolute atomic E-state index is 0.00811. The third-order valence-electron chi connectivity index (χ3n) is 6.37. The number of carbonyl (C=O) groups is 1. The van der Waals surface area contributed by atoms with Crippen LogP contribution in [0.1, 0.15) is 45.6 Å². The Morgan fingerprint density at radius 1 is 1.13 bits per heavy atom. The van der Waals surface area contributed by atoms with E-state index >= 15 is 0 Å². The van der Waals surface area contributed by atoms with Crippen molar-refractivity contribution in [2.75, 3.05) is 26.2 Å². The summed E-state index contributed by atoms with van der Waals surface area (Å²) in [6.45, 7) is 9.71. The van der Waals surface area contributed by atoms with Gasteiger partial charge in [0.15, 0.2) is 0 Å². The maximum Gasteiger partial charge on any atom is 0.408 e. The number of nitrogens with one attached hydrogen (secondary N) is 1. The molecule has 1 atom stereocenters. The lowest BCUT2D eigenvalue weighted by atomic mass is 9.92. The van der Waals surface area contributed by atoms with E-state index in [1.807, 2.05) is 57.2 Å². The molecular weight excluding hydrogens is 392 g/mol. The van der Waals surface area contributed by atoms with Crippen LogP contribution in [-0.4, -0.2) is 53.5 Å². The molecule has 31 heavy (non-hydrogen) atoms. The molecule has 7 nitrogen and oxygen atoms in total. The second-order valence-corrected chi connectivity index (χ2v) is 8.93. The molecule has 4 heterocycles. The molecular formula is C24H32N4O3. The zero-order valence-electron chi connectivity index (χ0n) is 18.6. The molecule has 1 aromatic carbocycles. The highest BCUT2D eigenvalue weighted by Gasteiger charge is 2.34. The SMILES string of the molecule is CCOc1ccc(-c2cccc(C(C)(C)NC(=O)OC3CCN4CCC3CC4)c2)nn1. The fourth-order valence-electron chi connectivity index (χ4n) is 4.51. The van der Waals surface area contributed by atoms with Crippen molar-refractivity contribution >= 4 is 6.09 Å². The Morgan fingerprint density at radius 3 is 2.61 bits per heavy atom. The van der Waals surface area contributed by atoms with Crippen LogP contribution in [0, 0.1) is 5.92 Å². The maximum absolute atomic E-state index is 12.8. The number of carbonyl (C=O) groups excluding carboxylic acids is 1.